The highest BCUT2D eigenvalue weighted by molar-refractivity contribution is 5.30. The molecule has 0 fully saturated rings. The van der Waals surface area contributed by atoms with Gasteiger partial charge < -0.3 is 4.74 Å². The number of rotatable bonds is 3. The minimum Gasteiger partial charge on any atom is -0.497 e. The van der Waals surface area contributed by atoms with Crippen molar-refractivity contribution in [1.82, 2.24) is 0 Å². The van der Waals surface area contributed by atoms with E-state index in [0.29, 0.717) is 0 Å². The van der Waals surface area contributed by atoms with Crippen molar-refractivity contribution in [1.29, 1.82) is 0 Å². The Morgan fingerprint density at radius 3 is 2.93 bits per heavy atom. The fourth-order valence-electron chi connectivity index (χ4n) is 1.39. The lowest BCUT2D eigenvalue weighted by molar-refractivity contribution is 0.414. The molecule has 1 aromatic rings. The predicted octanol–water partition coefficient (Wildman–Crippen LogP) is 3.36. The van der Waals surface area contributed by atoms with Crippen molar-refractivity contribution >= 4 is 0 Å². The molecule has 1 heteroatoms. The minimum atomic E-state index is 0.913. The summed E-state index contributed by atoms with van der Waals surface area (Å²) in [6.07, 6.45) is 2.87. The standard InChI is InChI=1S/C13H16O/c1-4-6-11(2)9-12-7-5-8-13(10-12)14-3/h4-5,7-8,10H,9H2,1-3H3. The second-order valence-electron chi connectivity index (χ2n) is 3.24. The molecule has 0 radical (unpaired) electrons. The van der Waals surface area contributed by atoms with Crippen LogP contribution in [0.4, 0.5) is 0 Å². The van der Waals surface area contributed by atoms with E-state index in [4.69, 9.17) is 4.74 Å². The smallest absolute Gasteiger partial charge is 0.119 e. The first kappa shape index (κ1) is 10.6. The summed E-state index contributed by atoms with van der Waals surface area (Å²) in [6.45, 7) is 4.06. The summed E-state index contributed by atoms with van der Waals surface area (Å²) in [7, 11) is 1.69. The highest BCUT2D eigenvalue weighted by Crippen LogP contribution is 2.14. The van der Waals surface area contributed by atoms with Gasteiger partial charge in [-0.05, 0) is 43.2 Å². The number of hydrogen-bond donors (Lipinski definition) is 0. The summed E-state index contributed by atoms with van der Waals surface area (Å²) in [5.41, 5.74) is 5.68. The Kier molecular flexibility index (Phi) is 4.03. The Hall–Kier alpha value is -1.46. The van der Waals surface area contributed by atoms with E-state index in [1.54, 1.807) is 7.11 Å². The third-order valence-electron chi connectivity index (χ3n) is 1.99. The van der Waals surface area contributed by atoms with Crippen LogP contribution in [0.15, 0.2) is 41.6 Å². The maximum absolute atomic E-state index is 5.16. The van der Waals surface area contributed by atoms with Crippen LogP contribution in [0.2, 0.25) is 0 Å². The molecule has 0 bridgehead atoms. The lowest BCUT2D eigenvalue weighted by Gasteiger charge is -2.03. The molecule has 0 saturated carbocycles. The molecule has 1 rings (SSSR count). The van der Waals surface area contributed by atoms with Crippen molar-refractivity contribution in [3.05, 3.63) is 47.2 Å². The van der Waals surface area contributed by atoms with Crippen LogP contribution >= 0.6 is 0 Å². The van der Waals surface area contributed by atoms with E-state index in [-0.39, 0.29) is 0 Å². The van der Waals surface area contributed by atoms with Crippen molar-refractivity contribution in [2.45, 2.75) is 20.3 Å². The summed E-state index contributed by atoms with van der Waals surface area (Å²) in [4.78, 5) is 0. The fourth-order valence-corrected chi connectivity index (χ4v) is 1.39. The van der Waals surface area contributed by atoms with Crippen LogP contribution in [-0.4, -0.2) is 7.11 Å². The largest absolute Gasteiger partial charge is 0.497 e. The Bertz CT molecular complexity index is 357. The van der Waals surface area contributed by atoms with Crippen LogP contribution in [0.25, 0.3) is 0 Å². The van der Waals surface area contributed by atoms with Crippen molar-refractivity contribution in [3.8, 4) is 5.75 Å². The van der Waals surface area contributed by atoms with E-state index in [1.165, 1.54) is 11.1 Å². The van der Waals surface area contributed by atoms with E-state index in [1.807, 2.05) is 25.1 Å². The minimum absolute atomic E-state index is 0.913. The predicted molar refractivity (Wildman–Crippen MR) is 59.6 cm³/mol. The molecular weight excluding hydrogens is 172 g/mol. The van der Waals surface area contributed by atoms with Gasteiger partial charge in [-0.2, -0.15) is 0 Å². The molecule has 0 aliphatic heterocycles. The third kappa shape index (κ3) is 3.12. The topological polar surface area (TPSA) is 9.23 Å². The van der Waals surface area contributed by atoms with Crippen LogP contribution < -0.4 is 4.74 Å². The van der Waals surface area contributed by atoms with Crippen molar-refractivity contribution in [2.75, 3.05) is 7.11 Å². The van der Waals surface area contributed by atoms with Gasteiger partial charge in [-0.3, -0.25) is 0 Å². The van der Waals surface area contributed by atoms with Gasteiger partial charge >= 0.3 is 0 Å². The third-order valence-corrected chi connectivity index (χ3v) is 1.99. The average Bonchev–Trinajstić information content (AvgIpc) is 2.18. The number of hydrogen-bond acceptors (Lipinski definition) is 1. The van der Waals surface area contributed by atoms with Gasteiger partial charge in [-0.25, -0.2) is 0 Å². The number of allylic oxidation sites excluding steroid dienone is 1. The molecule has 0 N–H and O–H groups in total. The Morgan fingerprint density at radius 1 is 1.50 bits per heavy atom. The van der Waals surface area contributed by atoms with E-state index >= 15 is 0 Å². The summed E-state index contributed by atoms with van der Waals surface area (Å²) >= 11 is 0. The molecule has 0 aromatic heterocycles. The number of benzene rings is 1. The maximum Gasteiger partial charge on any atom is 0.119 e. The van der Waals surface area contributed by atoms with E-state index in [9.17, 15) is 0 Å². The second kappa shape index (κ2) is 5.31. The second-order valence-corrected chi connectivity index (χ2v) is 3.24. The molecule has 0 heterocycles. The highest BCUT2D eigenvalue weighted by Gasteiger charge is 1.96. The van der Waals surface area contributed by atoms with Gasteiger partial charge in [0.15, 0.2) is 0 Å². The molecule has 0 spiro atoms. The molecule has 14 heavy (non-hydrogen) atoms. The van der Waals surface area contributed by atoms with Crippen LogP contribution in [-0.2, 0) is 6.42 Å². The molecule has 74 valence electrons. The summed E-state index contributed by atoms with van der Waals surface area (Å²) in [6, 6.07) is 8.12. The monoisotopic (exact) mass is 188 g/mol. The van der Waals surface area contributed by atoms with Gasteiger partial charge in [0.25, 0.3) is 0 Å². The molecule has 1 nitrogen and oxygen atoms in total. The zero-order chi connectivity index (χ0) is 10.4. The Balaban J connectivity index is 2.82. The molecule has 0 saturated heterocycles. The van der Waals surface area contributed by atoms with Gasteiger partial charge in [-0.15, -0.1) is 5.73 Å². The maximum atomic E-state index is 5.16. The molecule has 0 aliphatic rings. The summed E-state index contributed by atoms with van der Waals surface area (Å²) in [5, 5.41) is 0. The number of methoxy groups -OCH3 is 1. The van der Waals surface area contributed by atoms with Gasteiger partial charge in [0.05, 0.1) is 7.11 Å². The summed E-state index contributed by atoms with van der Waals surface area (Å²) < 4.78 is 5.16. The zero-order valence-electron chi connectivity index (χ0n) is 9.00. The lowest BCUT2D eigenvalue weighted by atomic mass is 10.1. The van der Waals surface area contributed by atoms with E-state index in [0.717, 1.165) is 12.2 Å². The van der Waals surface area contributed by atoms with Crippen molar-refractivity contribution in [2.24, 2.45) is 0 Å². The van der Waals surface area contributed by atoms with Gasteiger partial charge in [0.1, 0.15) is 5.75 Å². The van der Waals surface area contributed by atoms with Crippen LogP contribution in [0, 0.1) is 0 Å². The average molecular weight is 188 g/mol. The first-order valence-electron chi connectivity index (χ1n) is 4.76. The van der Waals surface area contributed by atoms with E-state index in [2.05, 4.69) is 24.8 Å². The van der Waals surface area contributed by atoms with E-state index < -0.39 is 0 Å². The van der Waals surface area contributed by atoms with Crippen LogP contribution in [0.3, 0.4) is 0 Å². The Labute approximate surface area is 85.7 Å². The van der Waals surface area contributed by atoms with Gasteiger partial charge in [-0.1, -0.05) is 12.1 Å². The quantitative estimate of drug-likeness (QED) is 0.661. The van der Waals surface area contributed by atoms with Gasteiger partial charge in [0.2, 0.25) is 0 Å². The molecule has 1 aromatic carbocycles. The molecular formula is C13H16O. The molecule has 0 unspecified atom stereocenters. The van der Waals surface area contributed by atoms with Crippen molar-refractivity contribution < 1.29 is 4.74 Å². The normalized spacial score (nSPS) is 9.07. The van der Waals surface area contributed by atoms with Gasteiger partial charge in [0, 0.05) is 6.42 Å². The van der Waals surface area contributed by atoms with Crippen molar-refractivity contribution in [3.63, 3.8) is 0 Å². The summed E-state index contributed by atoms with van der Waals surface area (Å²) in [5.74, 6) is 0.913. The Morgan fingerprint density at radius 2 is 2.29 bits per heavy atom. The molecule has 0 atom stereocenters. The SMILES string of the molecule is CC=C=C(C)Cc1cccc(OC)c1. The van der Waals surface area contributed by atoms with Crippen LogP contribution in [0.5, 0.6) is 5.75 Å². The zero-order valence-corrected chi connectivity index (χ0v) is 9.00. The lowest BCUT2D eigenvalue weighted by Crippen LogP contribution is -1.88. The fraction of sp³-hybridized carbons (Fsp3) is 0.308. The first-order chi connectivity index (χ1) is 6.76. The van der Waals surface area contributed by atoms with Crippen LogP contribution in [0.1, 0.15) is 19.4 Å². The number of ether oxygens (including phenoxy) is 1. The first-order valence-corrected chi connectivity index (χ1v) is 4.76. The molecule has 0 aliphatic carbocycles. The highest BCUT2D eigenvalue weighted by atomic mass is 16.5. The molecule has 0 amide bonds.